The largest absolute Gasteiger partial charge is 0.394 e. The first-order valence-electron chi connectivity index (χ1n) is 4.90. The maximum absolute atomic E-state index is 12.9. The third-order valence-corrected chi connectivity index (χ3v) is 2.18. The van der Waals surface area contributed by atoms with E-state index in [-0.39, 0.29) is 0 Å². The monoisotopic (exact) mass is 236 g/mol. The van der Waals surface area contributed by atoms with Crippen molar-refractivity contribution in [2.45, 2.75) is 6.54 Å². The van der Waals surface area contributed by atoms with Crippen LogP contribution in [0.15, 0.2) is 30.7 Å². The van der Waals surface area contributed by atoms with Gasteiger partial charge in [-0.2, -0.15) is 0 Å². The molecular weight excluding hydrogens is 226 g/mol. The van der Waals surface area contributed by atoms with E-state index in [1.54, 1.807) is 0 Å². The highest BCUT2D eigenvalue weighted by Gasteiger charge is 2.03. The van der Waals surface area contributed by atoms with Crippen LogP contribution < -0.4 is 11.1 Å². The van der Waals surface area contributed by atoms with Crippen LogP contribution in [0.5, 0.6) is 0 Å². The standard InChI is InChI=1S/C11H10F2N4/c12-8-2-1-7(3-9(8)13)4-16-11-10(14)5-15-6-17-11/h1-3,5-6H,4,14H2,(H,15,16,17). The van der Waals surface area contributed by atoms with Crippen molar-refractivity contribution in [2.24, 2.45) is 0 Å². The van der Waals surface area contributed by atoms with Crippen molar-refractivity contribution in [3.05, 3.63) is 47.9 Å². The number of benzene rings is 1. The molecule has 1 aromatic carbocycles. The number of hydrogen-bond acceptors (Lipinski definition) is 4. The van der Waals surface area contributed by atoms with Gasteiger partial charge < -0.3 is 11.1 Å². The molecule has 1 aromatic heterocycles. The minimum absolute atomic E-state index is 0.304. The molecule has 0 aliphatic rings. The Labute approximate surface area is 96.5 Å². The molecule has 0 aliphatic heterocycles. The molecule has 0 spiro atoms. The molecule has 0 saturated carbocycles. The maximum Gasteiger partial charge on any atom is 0.159 e. The van der Waals surface area contributed by atoms with Crippen LogP contribution in [-0.4, -0.2) is 9.97 Å². The van der Waals surface area contributed by atoms with Crippen LogP contribution in [-0.2, 0) is 6.54 Å². The molecule has 0 radical (unpaired) electrons. The average molecular weight is 236 g/mol. The van der Waals surface area contributed by atoms with Crippen LogP contribution in [0.1, 0.15) is 5.56 Å². The first kappa shape index (κ1) is 11.3. The maximum atomic E-state index is 12.9. The molecule has 1 heterocycles. The molecule has 17 heavy (non-hydrogen) atoms. The van der Waals surface area contributed by atoms with E-state index in [2.05, 4.69) is 15.3 Å². The zero-order valence-corrected chi connectivity index (χ0v) is 8.82. The van der Waals surface area contributed by atoms with Crippen molar-refractivity contribution in [3.8, 4) is 0 Å². The summed E-state index contributed by atoms with van der Waals surface area (Å²) in [6.07, 6.45) is 2.81. The molecule has 4 nitrogen and oxygen atoms in total. The van der Waals surface area contributed by atoms with Gasteiger partial charge >= 0.3 is 0 Å². The number of rotatable bonds is 3. The van der Waals surface area contributed by atoms with Gasteiger partial charge in [0.15, 0.2) is 17.5 Å². The summed E-state index contributed by atoms with van der Waals surface area (Å²) in [7, 11) is 0. The van der Waals surface area contributed by atoms with Gasteiger partial charge in [0.05, 0.1) is 11.9 Å². The van der Waals surface area contributed by atoms with Crippen molar-refractivity contribution >= 4 is 11.5 Å². The number of halogens is 2. The molecule has 2 aromatic rings. The Morgan fingerprint density at radius 3 is 2.76 bits per heavy atom. The lowest BCUT2D eigenvalue weighted by atomic mass is 10.2. The normalized spacial score (nSPS) is 10.2. The molecule has 3 N–H and O–H groups in total. The fourth-order valence-corrected chi connectivity index (χ4v) is 1.32. The van der Waals surface area contributed by atoms with Gasteiger partial charge in [0, 0.05) is 6.54 Å². The van der Waals surface area contributed by atoms with E-state index in [4.69, 9.17) is 5.73 Å². The van der Waals surface area contributed by atoms with E-state index in [1.807, 2.05) is 0 Å². The van der Waals surface area contributed by atoms with Crippen molar-refractivity contribution in [1.29, 1.82) is 0 Å². The molecule has 0 fully saturated rings. The third-order valence-electron chi connectivity index (χ3n) is 2.18. The summed E-state index contributed by atoms with van der Waals surface area (Å²) in [4.78, 5) is 7.66. The molecule has 2 rings (SSSR count). The van der Waals surface area contributed by atoms with Crippen molar-refractivity contribution in [2.75, 3.05) is 11.1 Å². The van der Waals surface area contributed by atoms with E-state index < -0.39 is 11.6 Å². The lowest BCUT2D eigenvalue weighted by molar-refractivity contribution is 0.507. The van der Waals surface area contributed by atoms with Crippen LogP contribution in [0.4, 0.5) is 20.3 Å². The number of nitrogen functional groups attached to an aromatic ring is 1. The van der Waals surface area contributed by atoms with Crippen LogP contribution in [0.3, 0.4) is 0 Å². The number of anilines is 2. The van der Waals surface area contributed by atoms with E-state index in [0.717, 1.165) is 12.1 Å². The number of aromatic nitrogens is 2. The smallest absolute Gasteiger partial charge is 0.159 e. The van der Waals surface area contributed by atoms with Gasteiger partial charge in [-0.15, -0.1) is 0 Å². The van der Waals surface area contributed by atoms with Crippen LogP contribution in [0.2, 0.25) is 0 Å². The zero-order chi connectivity index (χ0) is 12.3. The molecular formula is C11H10F2N4. The van der Waals surface area contributed by atoms with Gasteiger partial charge in [-0.05, 0) is 17.7 Å². The predicted octanol–water partition coefficient (Wildman–Crippen LogP) is 1.95. The Balaban J connectivity index is 2.08. The Bertz CT molecular complexity index is 531. The quantitative estimate of drug-likeness (QED) is 0.854. The molecule has 0 saturated heterocycles. The second kappa shape index (κ2) is 4.73. The van der Waals surface area contributed by atoms with E-state index >= 15 is 0 Å². The second-order valence-electron chi connectivity index (χ2n) is 3.43. The van der Waals surface area contributed by atoms with Crippen LogP contribution >= 0.6 is 0 Å². The topological polar surface area (TPSA) is 63.8 Å². The van der Waals surface area contributed by atoms with E-state index in [0.29, 0.717) is 23.6 Å². The second-order valence-corrected chi connectivity index (χ2v) is 3.43. The lowest BCUT2D eigenvalue weighted by Gasteiger charge is -2.07. The molecule has 0 atom stereocenters. The van der Waals surface area contributed by atoms with Crippen molar-refractivity contribution in [3.63, 3.8) is 0 Å². The summed E-state index contributed by atoms with van der Waals surface area (Å²) in [5.41, 5.74) is 6.61. The Hall–Kier alpha value is -2.24. The van der Waals surface area contributed by atoms with Gasteiger partial charge in [0.1, 0.15) is 6.33 Å². The number of nitrogens with zero attached hydrogens (tertiary/aromatic N) is 2. The lowest BCUT2D eigenvalue weighted by Crippen LogP contribution is -2.05. The average Bonchev–Trinajstić information content (AvgIpc) is 2.32. The fourth-order valence-electron chi connectivity index (χ4n) is 1.32. The number of nitrogens with one attached hydrogen (secondary N) is 1. The summed E-state index contributed by atoms with van der Waals surface area (Å²) in [5.74, 6) is -1.28. The van der Waals surface area contributed by atoms with Crippen LogP contribution in [0.25, 0.3) is 0 Å². The molecule has 0 amide bonds. The van der Waals surface area contributed by atoms with Crippen LogP contribution in [0, 0.1) is 11.6 Å². The van der Waals surface area contributed by atoms with Gasteiger partial charge in [0.25, 0.3) is 0 Å². The first-order valence-corrected chi connectivity index (χ1v) is 4.90. The summed E-state index contributed by atoms with van der Waals surface area (Å²) < 4.78 is 25.6. The van der Waals surface area contributed by atoms with Gasteiger partial charge in [-0.1, -0.05) is 6.07 Å². The SMILES string of the molecule is Nc1cncnc1NCc1ccc(F)c(F)c1. The van der Waals surface area contributed by atoms with E-state index in [1.165, 1.54) is 18.6 Å². The minimum atomic E-state index is -0.875. The van der Waals surface area contributed by atoms with Crippen molar-refractivity contribution < 1.29 is 8.78 Å². The highest BCUT2D eigenvalue weighted by Crippen LogP contribution is 2.14. The molecule has 0 bridgehead atoms. The van der Waals surface area contributed by atoms with Crippen molar-refractivity contribution in [1.82, 2.24) is 9.97 Å². The molecule has 0 unspecified atom stereocenters. The Kier molecular flexibility index (Phi) is 3.13. The predicted molar refractivity (Wildman–Crippen MR) is 60.1 cm³/mol. The van der Waals surface area contributed by atoms with E-state index in [9.17, 15) is 8.78 Å². The summed E-state index contributed by atoms with van der Waals surface area (Å²) in [6, 6.07) is 3.69. The number of hydrogen-bond donors (Lipinski definition) is 2. The van der Waals surface area contributed by atoms with Gasteiger partial charge in [-0.3, -0.25) is 0 Å². The minimum Gasteiger partial charge on any atom is -0.394 e. The third kappa shape index (κ3) is 2.66. The van der Waals surface area contributed by atoms with Gasteiger partial charge in [-0.25, -0.2) is 18.7 Å². The molecule has 6 heteroatoms. The first-order chi connectivity index (χ1) is 8.16. The fraction of sp³-hybridized carbons (Fsp3) is 0.0909. The summed E-state index contributed by atoms with van der Waals surface area (Å²) >= 11 is 0. The highest BCUT2D eigenvalue weighted by molar-refractivity contribution is 5.59. The Morgan fingerprint density at radius 1 is 1.24 bits per heavy atom. The summed E-state index contributed by atoms with van der Waals surface area (Å²) in [6.45, 7) is 0.304. The van der Waals surface area contributed by atoms with Gasteiger partial charge in [0.2, 0.25) is 0 Å². The molecule has 88 valence electrons. The summed E-state index contributed by atoms with van der Waals surface area (Å²) in [5, 5.41) is 2.91. The zero-order valence-electron chi connectivity index (χ0n) is 8.82. The number of nitrogens with two attached hydrogens (primary N) is 1. The highest BCUT2D eigenvalue weighted by atomic mass is 19.2. The Morgan fingerprint density at radius 2 is 2.06 bits per heavy atom. The molecule has 0 aliphatic carbocycles.